The third-order valence-electron chi connectivity index (χ3n) is 6.91. The molecule has 3 aromatic rings. The van der Waals surface area contributed by atoms with Gasteiger partial charge in [0.05, 0.1) is 0 Å². The van der Waals surface area contributed by atoms with E-state index in [9.17, 15) is 13.2 Å². The van der Waals surface area contributed by atoms with E-state index in [0.717, 1.165) is 48.3 Å². The fourth-order valence-corrected chi connectivity index (χ4v) is 4.87. The van der Waals surface area contributed by atoms with Crippen molar-refractivity contribution in [3.8, 4) is 16.9 Å². The summed E-state index contributed by atoms with van der Waals surface area (Å²) in [5.74, 6) is -1.19. The van der Waals surface area contributed by atoms with Gasteiger partial charge in [0.1, 0.15) is 12.4 Å². The summed E-state index contributed by atoms with van der Waals surface area (Å²) in [7, 11) is 0. The van der Waals surface area contributed by atoms with E-state index in [2.05, 4.69) is 6.92 Å². The maximum absolute atomic E-state index is 14.8. The van der Waals surface area contributed by atoms with E-state index in [1.165, 1.54) is 18.9 Å². The lowest BCUT2D eigenvalue weighted by Crippen LogP contribution is -2.15. The van der Waals surface area contributed by atoms with Gasteiger partial charge in [0.2, 0.25) is 5.82 Å². The van der Waals surface area contributed by atoms with Crippen LogP contribution < -0.4 is 4.74 Å². The zero-order valence-corrected chi connectivity index (χ0v) is 19.3. The van der Waals surface area contributed by atoms with E-state index < -0.39 is 11.6 Å². The Labute approximate surface area is 194 Å². The highest BCUT2D eigenvalue weighted by molar-refractivity contribution is 5.64. The molecule has 0 atom stereocenters. The van der Waals surface area contributed by atoms with Crippen LogP contribution in [0.2, 0.25) is 0 Å². The largest absolute Gasteiger partial charge is 0.486 e. The van der Waals surface area contributed by atoms with Crippen molar-refractivity contribution in [2.24, 2.45) is 5.92 Å². The van der Waals surface area contributed by atoms with Gasteiger partial charge < -0.3 is 4.74 Å². The van der Waals surface area contributed by atoms with Gasteiger partial charge in [0, 0.05) is 0 Å². The minimum absolute atomic E-state index is 0.0689. The summed E-state index contributed by atoms with van der Waals surface area (Å²) < 4.78 is 49.0. The molecule has 1 nitrogen and oxygen atoms in total. The van der Waals surface area contributed by atoms with Gasteiger partial charge in [-0.1, -0.05) is 62.2 Å². The summed E-state index contributed by atoms with van der Waals surface area (Å²) in [6.07, 6.45) is 6.40. The van der Waals surface area contributed by atoms with Crippen LogP contribution in [0.4, 0.5) is 13.2 Å². The molecule has 0 spiro atoms. The van der Waals surface area contributed by atoms with Gasteiger partial charge in [0.25, 0.3) is 0 Å². The van der Waals surface area contributed by atoms with Crippen molar-refractivity contribution < 1.29 is 17.9 Å². The van der Waals surface area contributed by atoms with Crippen LogP contribution in [0.1, 0.15) is 68.1 Å². The fraction of sp³-hybridized carbons (Fsp3) is 0.379. The van der Waals surface area contributed by atoms with E-state index in [-0.39, 0.29) is 24.1 Å². The van der Waals surface area contributed by atoms with Crippen molar-refractivity contribution in [1.82, 2.24) is 0 Å². The highest BCUT2D eigenvalue weighted by Crippen LogP contribution is 2.40. The first-order valence-corrected chi connectivity index (χ1v) is 11.9. The smallest absolute Gasteiger partial charge is 0.200 e. The standard InChI is InChI=1S/C29H31F3O/c1-3-4-20-6-13-23(14-7-20)25-15-16-27(29(32)28(25)31)33-18-21-8-11-22(12-9-21)24-10-5-19(2)26(30)17-24/h5,8-12,15-17,20,23H,3-4,6-7,13-14,18H2,1-2H3. The molecule has 4 rings (SSSR count). The highest BCUT2D eigenvalue weighted by atomic mass is 19.2. The summed E-state index contributed by atoms with van der Waals surface area (Å²) >= 11 is 0. The number of hydrogen-bond donors (Lipinski definition) is 0. The Morgan fingerprint density at radius 3 is 2.18 bits per heavy atom. The van der Waals surface area contributed by atoms with Crippen LogP contribution in [-0.4, -0.2) is 0 Å². The van der Waals surface area contributed by atoms with E-state index in [4.69, 9.17) is 4.74 Å². The lowest BCUT2D eigenvalue weighted by molar-refractivity contribution is 0.279. The van der Waals surface area contributed by atoms with E-state index in [1.807, 2.05) is 30.3 Å². The second-order valence-corrected chi connectivity index (χ2v) is 9.24. The van der Waals surface area contributed by atoms with Crippen molar-refractivity contribution in [2.75, 3.05) is 0 Å². The average Bonchev–Trinajstić information content (AvgIpc) is 2.83. The molecule has 0 unspecified atom stereocenters. The van der Waals surface area contributed by atoms with Crippen LogP contribution in [0.25, 0.3) is 11.1 Å². The summed E-state index contributed by atoms with van der Waals surface area (Å²) in [4.78, 5) is 0. The first-order valence-electron chi connectivity index (χ1n) is 11.9. The molecular weight excluding hydrogens is 421 g/mol. The molecule has 4 heteroatoms. The summed E-state index contributed by atoms with van der Waals surface area (Å²) in [6.45, 7) is 4.05. The van der Waals surface area contributed by atoms with Crippen molar-refractivity contribution in [1.29, 1.82) is 0 Å². The topological polar surface area (TPSA) is 9.23 Å². The van der Waals surface area contributed by atoms with E-state index in [1.54, 1.807) is 25.1 Å². The minimum Gasteiger partial charge on any atom is -0.486 e. The molecule has 33 heavy (non-hydrogen) atoms. The molecule has 1 aliphatic carbocycles. The molecular formula is C29H31F3O. The Morgan fingerprint density at radius 2 is 1.52 bits per heavy atom. The predicted octanol–water partition coefficient (Wildman–Crippen LogP) is 8.73. The SMILES string of the molecule is CCCC1CCC(c2ccc(OCc3ccc(-c4ccc(C)c(F)c4)cc3)c(F)c2F)CC1. The van der Waals surface area contributed by atoms with Gasteiger partial charge in [0.15, 0.2) is 11.6 Å². The Balaban J connectivity index is 1.39. The first-order chi connectivity index (χ1) is 16.0. The second-order valence-electron chi connectivity index (χ2n) is 9.24. The van der Waals surface area contributed by atoms with Crippen molar-refractivity contribution in [3.05, 3.63) is 88.7 Å². The van der Waals surface area contributed by atoms with Gasteiger partial charge in [-0.25, -0.2) is 8.78 Å². The fourth-order valence-electron chi connectivity index (χ4n) is 4.87. The van der Waals surface area contributed by atoms with Crippen molar-refractivity contribution in [3.63, 3.8) is 0 Å². The molecule has 1 fully saturated rings. The minimum atomic E-state index is -0.907. The van der Waals surface area contributed by atoms with Crippen LogP contribution in [0.5, 0.6) is 5.75 Å². The zero-order chi connectivity index (χ0) is 23.4. The molecule has 1 saturated carbocycles. The first kappa shape index (κ1) is 23.4. The van der Waals surface area contributed by atoms with Crippen LogP contribution >= 0.6 is 0 Å². The van der Waals surface area contributed by atoms with Crippen molar-refractivity contribution >= 4 is 0 Å². The van der Waals surface area contributed by atoms with Gasteiger partial charge >= 0.3 is 0 Å². The molecule has 0 saturated heterocycles. The molecule has 0 heterocycles. The molecule has 0 aliphatic heterocycles. The van der Waals surface area contributed by atoms with Crippen LogP contribution in [0, 0.1) is 30.3 Å². The van der Waals surface area contributed by atoms with Gasteiger partial charge in [-0.2, -0.15) is 4.39 Å². The molecule has 0 aromatic heterocycles. The van der Waals surface area contributed by atoms with Gasteiger partial charge in [-0.3, -0.25) is 0 Å². The molecule has 0 bridgehead atoms. The van der Waals surface area contributed by atoms with Crippen molar-refractivity contribution in [2.45, 2.75) is 64.9 Å². The number of ether oxygens (including phenoxy) is 1. The lowest BCUT2D eigenvalue weighted by atomic mass is 9.77. The van der Waals surface area contributed by atoms with Crippen LogP contribution in [0.3, 0.4) is 0 Å². The molecule has 0 radical (unpaired) electrons. The quantitative estimate of drug-likeness (QED) is 0.348. The highest BCUT2D eigenvalue weighted by Gasteiger charge is 2.26. The number of aryl methyl sites for hydroxylation is 1. The Hall–Kier alpha value is -2.75. The summed E-state index contributed by atoms with van der Waals surface area (Å²) in [5.41, 5.74) is 3.58. The Morgan fingerprint density at radius 1 is 0.818 bits per heavy atom. The normalized spacial score (nSPS) is 18.3. The lowest BCUT2D eigenvalue weighted by Gasteiger charge is -2.29. The third-order valence-corrected chi connectivity index (χ3v) is 6.91. The number of benzene rings is 3. The molecule has 1 aliphatic rings. The molecule has 174 valence electrons. The zero-order valence-electron chi connectivity index (χ0n) is 19.3. The summed E-state index contributed by atoms with van der Waals surface area (Å²) in [6, 6.07) is 15.8. The van der Waals surface area contributed by atoms with Gasteiger partial charge in [-0.15, -0.1) is 0 Å². The average molecular weight is 453 g/mol. The Bertz CT molecular complexity index is 1080. The van der Waals surface area contributed by atoms with E-state index >= 15 is 0 Å². The Kier molecular flexibility index (Phi) is 7.42. The van der Waals surface area contributed by atoms with Gasteiger partial charge in [-0.05, 0) is 84.4 Å². The monoisotopic (exact) mass is 452 g/mol. The summed E-state index contributed by atoms with van der Waals surface area (Å²) in [5, 5.41) is 0. The van der Waals surface area contributed by atoms with Crippen LogP contribution in [0.15, 0.2) is 54.6 Å². The molecule has 0 N–H and O–H groups in total. The maximum Gasteiger partial charge on any atom is 0.200 e. The second kappa shape index (κ2) is 10.5. The number of halogens is 3. The maximum atomic E-state index is 14.8. The third kappa shape index (κ3) is 5.43. The number of rotatable bonds is 7. The number of hydrogen-bond acceptors (Lipinski definition) is 1. The molecule has 3 aromatic carbocycles. The van der Waals surface area contributed by atoms with Crippen LogP contribution in [-0.2, 0) is 6.61 Å². The predicted molar refractivity (Wildman–Crippen MR) is 127 cm³/mol. The van der Waals surface area contributed by atoms with E-state index in [0.29, 0.717) is 11.1 Å². The molecule has 0 amide bonds.